The van der Waals surface area contributed by atoms with E-state index >= 15 is 0 Å². The summed E-state index contributed by atoms with van der Waals surface area (Å²) in [5, 5.41) is 0. The molecule has 0 nitrogen and oxygen atoms in total. The van der Waals surface area contributed by atoms with Crippen molar-refractivity contribution in [3.63, 3.8) is 0 Å². The summed E-state index contributed by atoms with van der Waals surface area (Å²) in [5.41, 5.74) is 0. The van der Waals surface area contributed by atoms with E-state index in [0.717, 1.165) is 5.92 Å². The number of rotatable bonds is 8. The largest absolute Gasteiger partial charge is 0.0654 e. The zero-order chi connectivity index (χ0) is 9.23. The maximum Gasteiger partial charge on any atom is -0.0389 e. The lowest BCUT2D eigenvalue weighted by molar-refractivity contribution is 0.525. The fraction of sp³-hybridized carbons (Fsp3) is 0.917. The van der Waals surface area contributed by atoms with E-state index in [1.54, 1.807) is 0 Å². The van der Waals surface area contributed by atoms with E-state index in [1.165, 1.54) is 44.9 Å². The van der Waals surface area contributed by atoms with Crippen molar-refractivity contribution in [3.05, 3.63) is 6.42 Å². The Morgan fingerprint density at radius 1 is 1.00 bits per heavy atom. The van der Waals surface area contributed by atoms with Crippen LogP contribution in [0.2, 0.25) is 0 Å². The highest BCUT2D eigenvalue weighted by Gasteiger charge is 1.97. The third-order valence-electron chi connectivity index (χ3n) is 2.58. The van der Waals surface area contributed by atoms with Crippen molar-refractivity contribution in [2.24, 2.45) is 5.92 Å². The van der Waals surface area contributed by atoms with Gasteiger partial charge in [-0.15, -0.1) is 0 Å². The zero-order valence-corrected chi connectivity index (χ0v) is 9.10. The molecule has 0 aliphatic carbocycles. The standard InChI is InChI=1S/C12H25/c1-4-6-7-8-9-10-11-12(3)5-2/h5,12H,4,6-11H2,1-3H3. The second-order valence-corrected chi connectivity index (χ2v) is 3.87. The molecule has 1 unspecified atom stereocenters. The molecule has 0 amide bonds. The van der Waals surface area contributed by atoms with Gasteiger partial charge in [-0.25, -0.2) is 0 Å². The van der Waals surface area contributed by atoms with Crippen molar-refractivity contribution in [1.29, 1.82) is 0 Å². The van der Waals surface area contributed by atoms with E-state index < -0.39 is 0 Å². The first-order valence-electron chi connectivity index (χ1n) is 5.60. The maximum absolute atomic E-state index is 2.31. The normalized spacial score (nSPS) is 13.2. The van der Waals surface area contributed by atoms with Crippen molar-refractivity contribution >= 4 is 0 Å². The Balaban J connectivity index is 2.90. The van der Waals surface area contributed by atoms with Crippen molar-refractivity contribution in [2.45, 2.75) is 65.7 Å². The van der Waals surface area contributed by atoms with Gasteiger partial charge in [-0.05, 0) is 12.3 Å². The van der Waals surface area contributed by atoms with Crippen LogP contribution in [0.3, 0.4) is 0 Å². The molecule has 0 aliphatic rings. The van der Waals surface area contributed by atoms with Gasteiger partial charge in [0.15, 0.2) is 0 Å². The molecular formula is C12H25. The molecule has 0 aromatic carbocycles. The molecule has 0 heteroatoms. The Bertz CT molecular complexity index is 76.1. The summed E-state index contributed by atoms with van der Waals surface area (Å²) in [5.74, 6) is 0.830. The van der Waals surface area contributed by atoms with Crippen LogP contribution in [0.25, 0.3) is 0 Å². The number of hydrogen-bond acceptors (Lipinski definition) is 0. The van der Waals surface area contributed by atoms with E-state index in [0.29, 0.717) is 0 Å². The molecule has 1 atom stereocenters. The van der Waals surface area contributed by atoms with Gasteiger partial charge in [0.05, 0.1) is 0 Å². The first-order valence-corrected chi connectivity index (χ1v) is 5.60. The Hall–Kier alpha value is 0. The highest BCUT2D eigenvalue weighted by Crippen LogP contribution is 2.13. The molecule has 0 heterocycles. The van der Waals surface area contributed by atoms with Crippen LogP contribution in [-0.4, -0.2) is 0 Å². The summed E-state index contributed by atoms with van der Waals surface area (Å²) < 4.78 is 0. The van der Waals surface area contributed by atoms with Gasteiger partial charge < -0.3 is 0 Å². The predicted octanol–water partition coefficient (Wildman–Crippen LogP) is 4.60. The van der Waals surface area contributed by atoms with Crippen LogP contribution in [0.4, 0.5) is 0 Å². The first-order chi connectivity index (χ1) is 5.81. The lowest BCUT2D eigenvalue weighted by atomic mass is 10.00. The fourth-order valence-electron chi connectivity index (χ4n) is 1.41. The van der Waals surface area contributed by atoms with Gasteiger partial charge >= 0.3 is 0 Å². The van der Waals surface area contributed by atoms with Crippen molar-refractivity contribution in [3.8, 4) is 0 Å². The zero-order valence-electron chi connectivity index (χ0n) is 9.10. The average molecular weight is 169 g/mol. The van der Waals surface area contributed by atoms with Gasteiger partial charge in [0.25, 0.3) is 0 Å². The highest BCUT2D eigenvalue weighted by atomic mass is 14.0. The van der Waals surface area contributed by atoms with E-state index in [2.05, 4.69) is 27.2 Å². The quantitative estimate of drug-likeness (QED) is 0.466. The molecule has 0 rings (SSSR count). The summed E-state index contributed by atoms with van der Waals surface area (Å²) in [6.07, 6.45) is 12.3. The second kappa shape index (κ2) is 9.09. The first kappa shape index (κ1) is 12.0. The van der Waals surface area contributed by atoms with Crippen LogP contribution >= 0.6 is 0 Å². The van der Waals surface area contributed by atoms with Gasteiger partial charge in [-0.1, -0.05) is 65.7 Å². The van der Waals surface area contributed by atoms with E-state index in [4.69, 9.17) is 0 Å². The molecule has 12 heavy (non-hydrogen) atoms. The molecule has 0 aromatic rings. The molecule has 0 bridgehead atoms. The lowest BCUT2D eigenvalue weighted by Crippen LogP contribution is -1.92. The molecule has 0 saturated heterocycles. The molecule has 1 radical (unpaired) electrons. The Morgan fingerprint density at radius 3 is 2.17 bits per heavy atom. The Kier molecular flexibility index (Phi) is 9.09. The predicted molar refractivity (Wildman–Crippen MR) is 57.1 cm³/mol. The lowest BCUT2D eigenvalue weighted by Gasteiger charge is -2.06. The maximum atomic E-state index is 2.31. The van der Waals surface area contributed by atoms with Gasteiger partial charge in [0.1, 0.15) is 0 Å². The summed E-state index contributed by atoms with van der Waals surface area (Å²) in [7, 11) is 0. The third kappa shape index (κ3) is 8.10. The minimum Gasteiger partial charge on any atom is -0.0654 e. The molecule has 0 spiro atoms. The van der Waals surface area contributed by atoms with Crippen LogP contribution in [0.15, 0.2) is 0 Å². The summed E-state index contributed by atoms with van der Waals surface area (Å²) in [6.45, 7) is 6.75. The van der Waals surface area contributed by atoms with Gasteiger partial charge in [0, 0.05) is 0 Å². The van der Waals surface area contributed by atoms with Crippen LogP contribution in [0.5, 0.6) is 0 Å². The molecule has 0 aliphatic heterocycles. The number of unbranched alkanes of at least 4 members (excludes halogenated alkanes) is 5. The highest BCUT2D eigenvalue weighted by molar-refractivity contribution is 4.65. The van der Waals surface area contributed by atoms with Crippen molar-refractivity contribution < 1.29 is 0 Å². The third-order valence-corrected chi connectivity index (χ3v) is 2.58. The summed E-state index contributed by atoms with van der Waals surface area (Å²) in [6, 6.07) is 0. The molecule has 0 fully saturated rings. The minimum absolute atomic E-state index is 0.830. The van der Waals surface area contributed by atoms with Crippen molar-refractivity contribution in [1.82, 2.24) is 0 Å². The Morgan fingerprint density at radius 2 is 1.58 bits per heavy atom. The molecule has 73 valence electrons. The van der Waals surface area contributed by atoms with Gasteiger partial charge in [0.2, 0.25) is 0 Å². The van der Waals surface area contributed by atoms with E-state index in [-0.39, 0.29) is 0 Å². The molecule has 0 N–H and O–H groups in total. The second-order valence-electron chi connectivity index (χ2n) is 3.87. The van der Waals surface area contributed by atoms with Gasteiger partial charge in [-0.2, -0.15) is 0 Å². The van der Waals surface area contributed by atoms with Crippen LogP contribution in [0, 0.1) is 12.3 Å². The van der Waals surface area contributed by atoms with Crippen LogP contribution in [-0.2, 0) is 0 Å². The fourth-order valence-corrected chi connectivity index (χ4v) is 1.41. The summed E-state index contributed by atoms with van der Waals surface area (Å²) in [4.78, 5) is 0. The Labute approximate surface area is 78.8 Å². The smallest absolute Gasteiger partial charge is 0.0389 e. The van der Waals surface area contributed by atoms with Crippen LogP contribution in [0.1, 0.15) is 65.7 Å². The van der Waals surface area contributed by atoms with Crippen LogP contribution < -0.4 is 0 Å². The summed E-state index contributed by atoms with van der Waals surface area (Å²) >= 11 is 0. The minimum atomic E-state index is 0.830. The molecule has 0 aromatic heterocycles. The monoisotopic (exact) mass is 169 g/mol. The molecule has 0 saturated carbocycles. The SMILES string of the molecule is C[CH]C(C)CCCCCCCC. The molecular weight excluding hydrogens is 144 g/mol. The van der Waals surface area contributed by atoms with E-state index in [9.17, 15) is 0 Å². The average Bonchev–Trinajstić information content (AvgIpc) is 2.10. The van der Waals surface area contributed by atoms with Crippen molar-refractivity contribution in [2.75, 3.05) is 0 Å². The topological polar surface area (TPSA) is 0 Å². The number of hydrogen-bond donors (Lipinski definition) is 0. The van der Waals surface area contributed by atoms with E-state index in [1.807, 2.05) is 0 Å². The van der Waals surface area contributed by atoms with Gasteiger partial charge in [-0.3, -0.25) is 0 Å².